The van der Waals surface area contributed by atoms with Gasteiger partial charge in [-0.15, -0.1) is 0 Å². The molecule has 0 radical (unpaired) electrons. The summed E-state index contributed by atoms with van der Waals surface area (Å²) in [6, 6.07) is 6.01. The zero-order valence-electron chi connectivity index (χ0n) is 12.6. The molecule has 2 N–H and O–H groups in total. The Kier molecular flexibility index (Phi) is 4.19. The molecule has 1 saturated heterocycles. The molecule has 3 rings (SSSR count). The van der Waals surface area contributed by atoms with E-state index in [0.717, 1.165) is 28.9 Å². The molecule has 1 aliphatic heterocycles. The van der Waals surface area contributed by atoms with Gasteiger partial charge in [-0.25, -0.2) is 0 Å². The molecule has 1 heterocycles. The Morgan fingerprint density at radius 2 is 2.00 bits per heavy atom. The summed E-state index contributed by atoms with van der Waals surface area (Å²) in [7, 11) is -1.13. The summed E-state index contributed by atoms with van der Waals surface area (Å²) in [5, 5.41) is -0.114. The predicted octanol–water partition coefficient (Wildman–Crippen LogP) is 2.03. The van der Waals surface area contributed by atoms with E-state index in [1.807, 2.05) is 32.0 Å². The van der Waals surface area contributed by atoms with Crippen LogP contribution in [0.5, 0.6) is 0 Å². The van der Waals surface area contributed by atoms with Crippen molar-refractivity contribution in [2.45, 2.75) is 55.1 Å². The van der Waals surface area contributed by atoms with Crippen LogP contribution in [-0.2, 0) is 20.3 Å². The lowest BCUT2D eigenvalue weighted by Gasteiger charge is -2.39. The molecule has 2 fully saturated rings. The van der Waals surface area contributed by atoms with E-state index in [0.29, 0.717) is 19.6 Å². The maximum Gasteiger partial charge on any atom is 0.169 e. The molecule has 1 saturated carbocycles. The Morgan fingerprint density at radius 1 is 1.29 bits per heavy atom. The quantitative estimate of drug-likeness (QED) is 0.908. The fraction of sp³-hybridized carbons (Fsp3) is 0.625. The smallest absolute Gasteiger partial charge is 0.169 e. The molecule has 4 nitrogen and oxygen atoms in total. The number of hydrogen-bond donors (Lipinski definition) is 1. The van der Waals surface area contributed by atoms with Crippen molar-refractivity contribution in [3.05, 3.63) is 29.3 Å². The lowest BCUT2D eigenvalue weighted by Crippen LogP contribution is -2.50. The Morgan fingerprint density at radius 3 is 2.71 bits per heavy atom. The van der Waals surface area contributed by atoms with Gasteiger partial charge >= 0.3 is 0 Å². The van der Waals surface area contributed by atoms with Gasteiger partial charge in [0.1, 0.15) is 0 Å². The first kappa shape index (κ1) is 15.2. The van der Waals surface area contributed by atoms with Gasteiger partial charge in [0.15, 0.2) is 5.79 Å². The van der Waals surface area contributed by atoms with E-state index in [1.165, 1.54) is 0 Å². The van der Waals surface area contributed by atoms with E-state index in [4.69, 9.17) is 15.2 Å². The molecule has 1 aliphatic carbocycles. The van der Waals surface area contributed by atoms with Crippen LogP contribution in [0, 0.1) is 13.8 Å². The first-order valence-corrected chi connectivity index (χ1v) is 8.73. The molecule has 21 heavy (non-hydrogen) atoms. The average molecular weight is 309 g/mol. The summed E-state index contributed by atoms with van der Waals surface area (Å²) in [4.78, 5) is 0.894. The van der Waals surface area contributed by atoms with Crippen LogP contribution in [-0.4, -0.2) is 34.5 Å². The summed E-state index contributed by atoms with van der Waals surface area (Å²) in [5.41, 5.74) is 8.43. The van der Waals surface area contributed by atoms with E-state index >= 15 is 0 Å². The van der Waals surface area contributed by atoms with Gasteiger partial charge in [0.2, 0.25) is 0 Å². The number of hydrogen-bond acceptors (Lipinski definition) is 4. The summed E-state index contributed by atoms with van der Waals surface area (Å²) < 4.78 is 24.6. The lowest BCUT2D eigenvalue weighted by molar-refractivity contribution is -0.177. The van der Waals surface area contributed by atoms with Crippen molar-refractivity contribution < 1.29 is 13.7 Å². The number of nitrogens with two attached hydrogens (primary N) is 1. The van der Waals surface area contributed by atoms with Gasteiger partial charge in [-0.2, -0.15) is 0 Å². The van der Waals surface area contributed by atoms with Crippen LogP contribution in [0.4, 0.5) is 0 Å². The topological polar surface area (TPSA) is 61.6 Å². The Labute approximate surface area is 128 Å². The molecule has 3 atom stereocenters. The SMILES string of the molecule is Cc1ccc(C)c(S(=O)C2CC3(CCC2N)OCCO3)c1. The summed E-state index contributed by atoms with van der Waals surface area (Å²) in [6.45, 7) is 5.26. The highest BCUT2D eigenvalue weighted by molar-refractivity contribution is 7.85. The number of benzene rings is 1. The second kappa shape index (κ2) is 5.80. The van der Waals surface area contributed by atoms with Crippen molar-refractivity contribution in [2.75, 3.05) is 13.2 Å². The van der Waals surface area contributed by atoms with Gasteiger partial charge in [-0.3, -0.25) is 4.21 Å². The van der Waals surface area contributed by atoms with Crippen molar-refractivity contribution in [1.29, 1.82) is 0 Å². The minimum Gasteiger partial charge on any atom is -0.347 e. The summed E-state index contributed by atoms with van der Waals surface area (Å²) >= 11 is 0. The molecule has 0 bridgehead atoms. The Balaban J connectivity index is 1.86. The predicted molar refractivity (Wildman–Crippen MR) is 82.6 cm³/mol. The number of ether oxygens (including phenoxy) is 2. The minimum absolute atomic E-state index is 0.0656. The van der Waals surface area contributed by atoms with E-state index in [2.05, 4.69) is 0 Å². The monoisotopic (exact) mass is 309 g/mol. The van der Waals surface area contributed by atoms with Crippen LogP contribution in [0.2, 0.25) is 0 Å². The maximum atomic E-state index is 13.0. The molecule has 0 amide bonds. The van der Waals surface area contributed by atoms with Crippen LogP contribution in [0.3, 0.4) is 0 Å². The van der Waals surface area contributed by atoms with E-state index < -0.39 is 16.6 Å². The van der Waals surface area contributed by atoms with E-state index in [1.54, 1.807) is 0 Å². The molecule has 0 aromatic heterocycles. The van der Waals surface area contributed by atoms with Crippen LogP contribution in [0.25, 0.3) is 0 Å². The highest BCUT2D eigenvalue weighted by Gasteiger charge is 2.46. The van der Waals surface area contributed by atoms with Crippen LogP contribution < -0.4 is 5.73 Å². The molecule has 5 heteroatoms. The summed E-state index contributed by atoms with van der Waals surface area (Å²) in [5.74, 6) is -0.548. The standard InChI is InChI=1S/C16H23NO3S/c1-11-3-4-12(2)14(9-11)21(18)15-10-16(6-5-13(15)17)19-7-8-20-16/h3-4,9,13,15H,5-8,10,17H2,1-2H3. The van der Waals surface area contributed by atoms with Crippen molar-refractivity contribution in [3.8, 4) is 0 Å². The molecule has 1 spiro atoms. The molecule has 2 aliphatic rings. The van der Waals surface area contributed by atoms with Crippen LogP contribution in [0.1, 0.15) is 30.4 Å². The lowest BCUT2D eigenvalue weighted by atomic mass is 9.90. The summed E-state index contributed by atoms with van der Waals surface area (Å²) in [6.07, 6.45) is 2.21. The Bertz CT molecular complexity index is 554. The molecular formula is C16H23NO3S. The first-order valence-electron chi connectivity index (χ1n) is 7.52. The number of rotatable bonds is 2. The Hall–Kier alpha value is -0.750. The third-order valence-corrected chi connectivity index (χ3v) is 6.44. The van der Waals surface area contributed by atoms with Gasteiger partial charge in [0.05, 0.1) is 29.3 Å². The molecule has 3 unspecified atom stereocenters. The third-order valence-electron chi connectivity index (χ3n) is 4.50. The second-order valence-electron chi connectivity index (χ2n) is 6.12. The fourth-order valence-corrected chi connectivity index (χ4v) is 5.09. The van der Waals surface area contributed by atoms with Gasteiger partial charge in [-0.1, -0.05) is 12.1 Å². The van der Waals surface area contributed by atoms with Gasteiger partial charge < -0.3 is 15.2 Å². The molecule has 116 valence electrons. The van der Waals surface area contributed by atoms with Crippen molar-refractivity contribution in [3.63, 3.8) is 0 Å². The highest BCUT2D eigenvalue weighted by atomic mass is 32.2. The van der Waals surface area contributed by atoms with Gasteiger partial charge in [0.25, 0.3) is 0 Å². The fourth-order valence-electron chi connectivity index (χ4n) is 3.21. The third kappa shape index (κ3) is 2.93. The highest BCUT2D eigenvalue weighted by Crippen LogP contribution is 2.38. The zero-order valence-corrected chi connectivity index (χ0v) is 13.4. The molecular weight excluding hydrogens is 286 g/mol. The molecule has 1 aromatic rings. The van der Waals surface area contributed by atoms with Crippen molar-refractivity contribution >= 4 is 10.8 Å². The van der Waals surface area contributed by atoms with Crippen molar-refractivity contribution in [1.82, 2.24) is 0 Å². The first-order chi connectivity index (χ1) is 10.0. The van der Waals surface area contributed by atoms with Gasteiger partial charge in [0, 0.05) is 23.8 Å². The van der Waals surface area contributed by atoms with Crippen LogP contribution >= 0.6 is 0 Å². The van der Waals surface area contributed by atoms with Gasteiger partial charge in [-0.05, 0) is 37.5 Å². The van der Waals surface area contributed by atoms with E-state index in [-0.39, 0.29) is 11.3 Å². The van der Waals surface area contributed by atoms with Crippen LogP contribution in [0.15, 0.2) is 23.1 Å². The van der Waals surface area contributed by atoms with Crippen molar-refractivity contribution in [2.24, 2.45) is 5.73 Å². The maximum absolute atomic E-state index is 13.0. The number of aryl methyl sites for hydroxylation is 2. The largest absolute Gasteiger partial charge is 0.347 e. The van der Waals surface area contributed by atoms with E-state index in [9.17, 15) is 4.21 Å². The minimum atomic E-state index is -1.13. The average Bonchev–Trinajstić information content (AvgIpc) is 2.92. The molecule has 1 aromatic carbocycles. The second-order valence-corrected chi connectivity index (χ2v) is 7.76. The normalized spacial score (nSPS) is 29.7. The zero-order chi connectivity index (χ0) is 15.0.